The Morgan fingerprint density at radius 1 is 0.733 bits per heavy atom. The minimum absolute atomic E-state index is 0.168. The average Bonchev–Trinajstić information content (AvgIpc) is 3.66. The van der Waals surface area contributed by atoms with E-state index in [4.69, 9.17) is 28.4 Å². The van der Waals surface area contributed by atoms with Crippen LogP contribution in [0.25, 0.3) is 22.3 Å². The average molecular weight is 883 g/mol. The second kappa shape index (κ2) is 17.4. The van der Waals surface area contributed by atoms with Crippen molar-refractivity contribution in [2.75, 3.05) is 33.8 Å². The molecule has 2 aromatic heterocycles. The Morgan fingerprint density at radius 3 is 1.63 bits per heavy atom. The monoisotopic (exact) mass is 882 g/mol. The van der Waals surface area contributed by atoms with E-state index in [1.165, 1.54) is 45.4 Å². The first-order chi connectivity index (χ1) is 28.1. The van der Waals surface area contributed by atoms with E-state index in [1.807, 2.05) is 0 Å². The van der Waals surface area contributed by atoms with Gasteiger partial charge >= 0.3 is 7.32 Å². The number of hydrogen-bond donors (Lipinski definition) is 0. The molecule has 1 aliphatic rings. The van der Waals surface area contributed by atoms with Crippen LogP contribution in [0.5, 0.6) is 11.5 Å². The number of aromatic nitrogens is 2. The van der Waals surface area contributed by atoms with Crippen LogP contribution in [0, 0.1) is 23.3 Å². The molecule has 0 saturated carbocycles. The molecule has 0 N–H and O–H groups in total. The summed E-state index contributed by atoms with van der Waals surface area (Å²) in [7, 11) is -6.72. The highest BCUT2D eigenvalue weighted by molar-refractivity contribution is 7.93. The number of ether oxygens (including phenoxy) is 2. The number of halogens is 4. The van der Waals surface area contributed by atoms with Gasteiger partial charge in [0.25, 0.3) is 11.1 Å². The van der Waals surface area contributed by atoms with Crippen LogP contribution in [-0.2, 0) is 51.7 Å². The molecular weight excluding hydrogens is 843 g/mol. The fraction of sp³-hybridized carbons (Fsp3) is 0.351. The molecule has 16 nitrogen and oxygen atoms in total. The second-order valence-corrected chi connectivity index (χ2v) is 18.8. The van der Waals surface area contributed by atoms with Gasteiger partial charge in [0.1, 0.15) is 51.4 Å². The van der Waals surface area contributed by atoms with Crippen LogP contribution in [-0.4, -0.2) is 88.4 Å². The highest BCUT2D eigenvalue weighted by atomic mass is 32.2. The third-order valence-electron chi connectivity index (χ3n) is 10.1. The third kappa shape index (κ3) is 9.15. The van der Waals surface area contributed by atoms with Crippen molar-refractivity contribution in [2.24, 2.45) is 10.3 Å². The van der Waals surface area contributed by atoms with Gasteiger partial charge in [-0.2, -0.15) is 0 Å². The SMILES string of the molecule is CO/N=C(\OB1ON=C([C@@](C)(CCn2cc(F)c(-c3ccc(OC)cc3F)cc2=O)S(C)(=O)=O)O1)[C@@](C)(CCn1cc(F)c(-c2ccc(OC)cc2F)cc1=O)S(C)(=O)=O. The van der Waals surface area contributed by atoms with Crippen molar-refractivity contribution in [3.05, 3.63) is 105 Å². The van der Waals surface area contributed by atoms with Crippen molar-refractivity contribution in [1.82, 2.24) is 9.13 Å². The Balaban J connectivity index is 1.34. The first-order valence-electron chi connectivity index (χ1n) is 17.6. The molecule has 0 radical (unpaired) electrons. The lowest BCUT2D eigenvalue weighted by Crippen LogP contribution is -2.49. The molecule has 5 rings (SSSR count). The molecule has 0 saturated heterocycles. The molecule has 0 unspecified atom stereocenters. The second-order valence-electron chi connectivity index (χ2n) is 13.9. The summed E-state index contributed by atoms with van der Waals surface area (Å²) in [5.74, 6) is -4.63. The van der Waals surface area contributed by atoms with Gasteiger partial charge in [-0.3, -0.25) is 9.59 Å². The molecule has 0 spiro atoms. The molecule has 3 heterocycles. The van der Waals surface area contributed by atoms with Crippen LogP contribution < -0.4 is 20.6 Å². The van der Waals surface area contributed by atoms with Crippen molar-refractivity contribution in [3.63, 3.8) is 0 Å². The molecule has 0 aliphatic carbocycles. The number of methoxy groups -OCH3 is 2. The van der Waals surface area contributed by atoms with Crippen molar-refractivity contribution < 1.29 is 62.8 Å². The zero-order valence-electron chi connectivity index (χ0n) is 33.2. The van der Waals surface area contributed by atoms with E-state index in [0.29, 0.717) is 0 Å². The number of oxime groups is 2. The van der Waals surface area contributed by atoms with Gasteiger partial charge < -0.3 is 37.5 Å². The molecule has 0 bridgehead atoms. The lowest BCUT2D eigenvalue weighted by Gasteiger charge is -2.29. The number of sulfone groups is 2. The maximum absolute atomic E-state index is 15.3. The smallest absolute Gasteiger partial charge is 0.497 e. The number of aryl methyl sites for hydroxylation is 2. The summed E-state index contributed by atoms with van der Waals surface area (Å²) >= 11 is 0. The first-order valence-corrected chi connectivity index (χ1v) is 21.4. The number of hydrogen-bond acceptors (Lipinski definition) is 14. The highest BCUT2D eigenvalue weighted by Gasteiger charge is 2.53. The Morgan fingerprint density at radius 2 is 1.22 bits per heavy atom. The fourth-order valence-corrected chi connectivity index (χ4v) is 7.74. The predicted molar refractivity (Wildman–Crippen MR) is 212 cm³/mol. The molecule has 23 heteroatoms. The summed E-state index contributed by atoms with van der Waals surface area (Å²) in [6.07, 6.45) is 2.29. The maximum Gasteiger partial charge on any atom is 0.888 e. The van der Waals surface area contributed by atoms with Crippen LogP contribution in [0.3, 0.4) is 0 Å². The first kappa shape index (κ1) is 45.3. The van der Waals surface area contributed by atoms with Crippen molar-refractivity contribution in [2.45, 2.75) is 49.3 Å². The minimum atomic E-state index is -4.26. The van der Waals surface area contributed by atoms with Gasteiger partial charge in [-0.25, -0.2) is 34.4 Å². The third-order valence-corrected chi connectivity index (χ3v) is 14.1. The van der Waals surface area contributed by atoms with E-state index in [1.54, 1.807) is 0 Å². The van der Waals surface area contributed by atoms with Crippen LogP contribution in [0.4, 0.5) is 17.6 Å². The molecule has 2 atom stereocenters. The molecule has 2 aromatic carbocycles. The van der Waals surface area contributed by atoms with Crippen LogP contribution in [0.15, 0.2) is 80.8 Å². The zero-order valence-corrected chi connectivity index (χ0v) is 34.8. The standard InChI is InChI=1S/C37H39BF4N4O12S2/c1-36(59(6,49)50,12-14-45-20-30(41)26(18-32(45)47)24-10-8-22(53-3)16-28(24)39)34(43-55-5)56-38-57-35(44-58-38)37(2,60(7,51)52)13-15-46-21-31(42)27(19-33(46)48)25-11-9-23(54-4)17-29(25)40/h8-11,16-21H,12-15H2,1-7H3/b43-34-/t36-,37-/m1/s1. The lowest BCUT2D eigenvalue weighted by molar-refractivity contribution is 0.187. The number of rotatable bonds is 16. The molecule has 322 valence electrons. The van der Waals surface area contributed by atoms with Gasteiger partial charge in [0.05, 0.1) is 14.2 Å². The molecule has 4 aromatic rings. The Bertz CT molecular complexity index is 2710. The minimum Gasteiger partial charge on any atom is -0.497 e. The summed E-state index contributed by atoms with van der Waals surface area (Å²) in [4.78, 5) is 31.0. The lowest BCUT2D eigenvalue weighted by atomic mass is 10.0. The summed E-state index contributed by atoms with van der Waals surface area (Å²) in [5.41, 5.74) is -2.72. The van der Waals surface area contributed by atoms with E-state index < -0.39 is 109 Å². The highest BCUT2D eigenvalue weighted by Crippen LogP contribution is 2.32. The quantitative estimate of drug-likeness (QED) is 0.0510. The zero-order chi connectivity index (χ0) is 44.4. The Labute approximate surface area is 341 Å². The van der Waals surface area contributed by atoms with E-state index in [-0.39, 0.29) is 33.8 Å². The van der Waals surface area contributed by atoms with Crippen LogP contribution in [0.2, 0.25) is 0 Å². The van der Waals surface area contributed by atoms with E-state index >= 15 is 8.78 Å². The van der Waals surface area contributed by atoms with Crippen LogP contribution in [0.1, 0.15) is 26.7 Å². The van der Waals surface area contributed by atoms with Gasteiger partial charge in [0, 0.05) is 84.5 Å². The number of nitrogens with zero attached hydrogens (tertiary/aromatic N) is 4. The molecule has 1 aliphatic heterocycles. The number of pyridine rings is 2. The predicted octanol–water partition coefficient (Wildman–Crippen LogP) is 4.33. The Hall–Kier alpha value is -5.84. The summed E-state index contributed by atoms with van der Waals surface area (Å²) in [5, 5.41) is 7.42. The summed E-state index contributed by atoms with van der Waals surface area (Å²) < 4.78 is 137. The molecular formula is C37H39BF4N4O12S2. The molecule has 60 heavy (non-hydrogen) atoms. The van der Waals surface area contributed by atoms with Gasteiger partial charge in [-0.1, -0.05) is 10.3 Å². The largest absolute Gasteiger partial charge is 0.888 e. The van der Waals surface area contributed by atoms with Crippen molar-refractivity contribution >= 4 is 38.8 Å². The van der Waals surface area contributed by atoms with Gasteiger partial charge in [0.15, 0.2) is 19.7 Å². The number of benzene rings is 2. The maximum atomic E-state index is 15.3. The summed E-state index contributed by atoms with van der Waals surface area (Å²) in [6, 6.07) is 8.98. The van der Waals surface area contributed by atoms with E-state index in [9.17, 15) is 35.2 Å². The van der Waals surface area contributed by atoms with Crippen molar-refractivity contribution in [3.8, 4) is 33.8 Å². The van der Waals surface area contributed by atoms with Crippen molar-refractivity contribution in [1.29, 1.82) is 0 Å². The van der Waals surface area contributed by atoms with Crippen LogP contribution >= 0.6 is 0 Å². The van der Waals surface area contributed by atoms with E-state index in [2.05, 4.69) is 10.3 Å². The van der Waals surface area contributed by atoms with Gasteiger partial charge in [-0.05, 0) is 51.0 Å². The van der Waals surface area contributed by atoms with Gasteiger partial charge in [0.2, 0.25) is 11.8 Å². The van der Waals surface area contributed by atoms with E-state index in [0.717, 1.165) is 72.3 Å². The molecule has 0 amide bonds. The van der Waals surface area contributed by atoms with Gasteiger partial charge in [-0.15, -0.1) is 0 Å². The topological polar surface area (TPSA) is 192 Å². The Kier molecular flexibility index (Phi) is 13.1. The molecule has 0 fully saturated rings. The normalized spacial score (nSPS) is 15.3. The fourth-order valence-electron chi connectivity index (χ4n) is 6.01. The summed E-state index contributed by atoms with van der Waals surface area (Å²) in [6.45, 7) is 1.47.